The molecule has 3 rings (SSSR count). The second-order valence-corrected chi connectivity index (χ2v) is 7.14. The third kappa shape index (κ3) is 3.45. The van der Waals surface area contributed by atoms with E-state index in [-0.39, 0.29) is 11.9 Å². The number of rotatable bonds is 4. The summed E-state index contributed by atoms with van der Waals surface area (Å²) in [5.41, 5.74) is 3.14. The van der Waals surface area contributed by atoms with Crippen LogP contribution < -0.4 is 0 Å². The highest BCUT2D eigenvalue weighted by Crippen LogP contribution is 2.33. The number of benzene rings is 2. The van der Waals surface area contributed by atoms with Gasteiger partial charge in [0.05, 0.1) is 5.69 Å². The summed E-state index contributed by atoms with van der Waals surface area (Å²) in [5.74, 6) is -0.0740. The quantitative estimate of drug-likeness (QED) is 0.590. The highest BCUT2D eigenvalue weighted by atomic mass is 35.5. The van der Waals surface area contributed by atoms with Crippen molar-refractivity contribution in [2.75, 3.05) is 7.05 Å². The molecule has 0 aliphatic rings. The number of carbonyl (C=O) groups is 1. The van der Waals surface area contributed by atoms with Crippen LogP contribution in [0.1, 0.15) is 36.3 Å². The van der Waals surface area contributed by atoms with Gasteiger partial charge in [0.15, 0.2) is 0 Å². The van der Waals surface area contributed by atoms with E-state index >= 15 is 0 Å². The fourth-order valence-corrected chi connectivity index (χ4v) is 3.20. The van der Waals surface area contributed by atoms with E-state index in [1.807, 2.05) is 69.4 Å². The van der Waals surface area contributed by atoms with Crippen molar-refractivity contribution in [1.29, 1.82) is 0 Å². The highest BCUT2D eigenvalue weighted by molar-refractivity contribution is 6.33. The molecule has 1 aromatic heterocycles. The van der Waals surface area contributed by atoms with Gasteiger partial charge < -0.3 is 4.90 Å². The summed E-state index contributed by atoms with van der Waals surface area (Å²) in [6, 6.07) is 15.9. The molecule has 4 heteroatoms. The lowest BCUT2D eigenvalue weighted by Gasteiger charge is -2.24. The number of carbonyl (C=O) groups excluding carboxylic acids is 1. The standard InChI is InChI=1S/C22H23ClN2O/c1-5-15(3)25(4)22(26)20-13-16-8-6-7-9-17(16)21(24-20)18-12-14(2)10-11-19(18)23/h6-13,15H,5H2,1-4H3/t15-/m0/s1. The lowest BCUT2D eigenvalue weighted by atomic mass is 10.0. The van der Waals surface area contributed by atoms with Crippen LogP contribution in [-0.4, -0.2) is 28.9 Å². The van der Waals surface area contributed by atoms with Gasteiger partial charge in [-0.2, -0.15) is 0 Å². The van der Waals surface area contributed by atoms with Crippen LogP contribution in [0.4, 0.5) is 0 Å². The van der Waals surface area contributed by atoms with Crippen LogP contribution in [0.5, 0.6) is 0 Å². The van der Waals surface area contributed by atoms with Crippen molar-refractivity contribution in [3.63, 3.8) is 0 Å². The van der Waals surface area contributed by atoms with Crippen LogP contribution in [0.3, 0.4) is 0 Å². The highest BCUT2D eigenvalue weighted by Gasteiger charge is 2.20. The number of amides is 1. The molecule has 0 saturated carbocycles. The van der Waals surface area contributed by atoms with Gasteiger partial charge in [-0.25, -0.2) is 4.98 Å². The number of hydrogen-bond donors (Lipinski definition) is 0. The molecule has 0 aliphatic carbocycles. The van der Waals surface area contributed by atoms with Crippen LogP contribution in [0.2, 0.25) is 5.02 Å². The normalized spacial score (nSPS) is 12.2. The van der Waals surface area contributed by atoms with E-state index in [1.165, 1.54) is 0 Å². The van der Waals surface area contributed by atoms with Gasteiger partial charge in [0, 0.05) is 29.1 Å². The van der Waals surface area contributed by atoms with Crippen LogP contribution >= 0.6 is 11.6 Å². The van der Waals surface area contributed by atoms with Gasteiger partial charge in [-0.3, -0.25) is 4.79 Å². The van der Waals surface area contributed by atoms with E-state index in [0.29, 0.717) is 10.7 Å². The van der Waals surface area contributed by atoms with Crippen LogP contribution in [0, 0.1) is 6.92 Å². The smallest absolute Gasteiger partial charge is 0.272 e. The predicted octanol–water partition coefficient (Wildman–Crippen LogP) is 5.73. The first-order chi connectivity index (χ1) is 12.4. The number of aromatic nitrogens is 1. The SMILES string of the molecule is CC[C@H](C)N(C)C(=O)c1cc2ccccc2c(-c2cc(C)ccc2Cl)n1. The monoisotopic (exact) mass is 366 g/mol. The van der Waals surface area contributed by atoms with Gasteiger partial charge in [0.1, 0.15) is 5.69 Å². The maximum atomic E-state index is 13.0. The molecule has 3 aromatic rings. The van der Waals surface area contributed by atoms with Crippen LogP contribution in [-0.2, 0) is 0 Å². The first kappa shape index (κ1) is 18.4. The fraction of sp³-hybridized carbons (Fsp3) is 0.273. The minimum atomic E-state index is -0.0740. The molecule has 26 heavy (non-hydrogen) atoms. The zero-order chi connectivity index (χ0) is 18.8. The van der Waals surface area contributed by atoms with Gasteiger partial charge in [0.2, 0.25) is 0 Å². The summed E-state index contributed by atoms with van der Waals surface area (Å²) in [5, 5.41) is 2.60. The molecule has 0 radical (unpaired) electrons. The molecule has 1 heterocycles. The maximum absolute atomic E-state index is 13.0. The van der Waals surface area contributed by atoms with E-state index in [9.17, 15) is 4.79 Å². The summed E-state index contributed by atoms with van der Waals surface area (Å²) in [7, 11) is 1.83. The van der Waals surface area contributed by atoms with Crippen molar-refractivity contribution in [3.8, 4) is 11.3 Å². The Hall–Kier alpha value is -2.39. The molecule has 0 N–H and O–H groups in total. The predicted molar refractivity (Wildman–Crippen MR) is 109 cm³/mol. The molecular weight excluding hydrogens is 344 g/mol. The molecule has 0 spiro atoms. The lowest BCUT2D eigenvalue weighted by molar-refractivity contribution is 0.0735. The van der Waals surface area contributed by atoms with E-state index in [0.717, 1.165) is 34.0 Å². The third-order valence-corrected chi connectivity index (χ3v) is 5.24. The van der Waals surface area contributed by atoms with Crippen LogP contribution in [0.25, 0.3) is 22.0 Å². The Morgan fingerprint density at radius 2 is 1.92 bits per heavy atom. The molecule has 2 aromatic carbocycles. The summed E-state index contributed by atoms with van der Waals surface area (Å²) in [4.78, 5) is 19.4. The molecule has 3 nitrogen and oxygen atoms in total. The van der Waals surface area contributed by atoms with Gasteiger partial charge >= 0.3 is 0 Å². The lowest BCUT2D eigenvalue weighted by Crippen LogP contribution is -2.35. The molecule has 0 aliphatic heterocycles. The van der Waals surface area contributed by atoms with Crippen molar-refractivity contribution >= 4 is 28.3 Å². The number of halogens is 1. The zero-order valence-corrected chi connectivity index (χ0v) is 16.3. The van der Waals surface area contributed by atoms with E-state index in [2.05, 4.69) is 6.92 Å². The minimum absolute atomic E-state index is 0.0740. The van der Waals surface area contributed by atoms with Gasteiger partial charge in [-0.1, -0.05) is 54.4 Å². The molecule has 1 amide bonds. The Balaban J connectivity index is 2.22. The number of pyridine rings is 1. The zero-order valence-electron chi connectivity index (χ0n) is 15.6. The molecule has 134 valence electrons. The third-order valence-electron chi connectivity index (χ3n) is 4.91. The Morgan fingerprint density at radius 1 is 1.19 bits per heavy atom. The molecule has 0 saturated heterocycles. The topological polar surface area (TPSA) is 33.2 Å². The maximum Gasteiger partial charge on any atom is 0.272 e. The minimum Gasteiger partial charge on any atom is -0.338 e. The first-order valence-corrected chi connectivity index (χ1v) is 9.23. The van der Waals surface area contributed by atoms with Gasteiger partial charge in [-0.05, 0) is 43.9 Å². The average molecular weight is 367 g/mol. The van der Waals surface area contributed by atoms with Crippen molar-refractivity contribution in [2.45, 2.75) is 33.2 Å². The van der Waals surface area contributed by atoms with Crippen molar-refractivity contribution in [2.24, 2.45) is 0 Å². The summed E-state index contributed by atoms with van der Waals surface area (Å²) in [6.07, 6.45) is 0.895. The molecule has 1 atom stereocenters. The Kier molecular flexibility index (Phi) is 5.28. The van der Waals surface area contributed by atoms with Crippen molar-refractivity contribution in [1.82, 2.24) is 9.88 Å². The Morgan fingerprint density at radius 3 is 2.65 bits per heavy atom. The number of fused-ring (bicyclic) bond motifs is 1. The van der Waals surface area contributed by atoms with E-state index in [1.54, 1.807) is 4.90 Å². The summed E-state index contributed by atoms with van der Waals surface area (Å²) < 4.78 is 0. The number of hydrogen-bond acceptors (Lipinski definition) is 2. The Labute approximate surface area is 159 Å². The molecular formula is C22H23ClN2O. The Bertz CT molecular complexity index is 968. The van der Waals surface area contributed by atoms with Crippen molar-refractivity contribution < 1.29 is 4.79 Å². The van der Waals surface area contributed by atoms with Crippen LogP contribution in [0.15, 0.2) is 48.5 Å². The average Bonchev–Trinajstić information content (AvgIpc) is 2.67. The fourth-order valence-electron chi connectivity index (χ4n) is 2.99. The second-order valence-electron chi connectivity index (χ2n) is 6.73. The molecule has 0 unspecified atom stereocenters. The summed E-state index contributed by atoms with van der Waals surface area (Å²) in [6.45, 7) is 6.13. The van der Waals surface area contributed by atoms with E-state index < -0.39 is 0 Å². The second kappa shape index (κ2) is 7.46. The number of aryl methyl sites for hydroxylation is 1. The van der Waals surface area contributed by atoms with Gasteiger partial charge in [0.25, 0.3) is 5.91 Å². The van der Waals surface area contributed by atoms with Crippen molar-refractivity contribution in [3.05, 3.63) is 64.8 Å². The van der Waals surface area contributed by atoms with E-state index in [4.69, 9.17) is 16.6 Å². The largest absolute Gasteiger partial charge is 0.338 e. The molecule has 0 fully saturated rings. The molecule has 0 bridgehead atoms. The number of nitrogens with zero attached hydrogens (tertiary/aromatic N) is 2. The van der Waals surface area contributed by atoms with Gasteiger partial charge in [-0.15, -0.1) is 0 Å². The summed E-state index contributed by atoms with van der Waals surface area (Å²) >= 11 is 6.46. The first-order valence-electron chi connectivity index (χ1n) is 8.85.